The van der Waals surface area contributed by atoms with Gasteiger partial charge in [0.1, 0.15) is 0 Å². The van der Waals surface area contributed by atoms with E-state index in [0.29, 0.717) is 24.5 Å². The molecule has 2 rings (SSSR count). The lowest BCUT2D eigenvalue weighted by molar-refractivity contribution is 0.219. The topological polar surface area (TPSA) is 32.5 Å². The Morgan fingerprint density at radius 1 is 1.30 bits per heavy atom. The number of thioether (sulfide) groups is 1. The molecule has 20 heavy (non-hydrogen) atoms. The molecular weight excluding hydrogens is 266 g/mol. The molecule has 1 fully saturated rings. The first-order chi connectivity index (χ1) is 9.56. The Morgan fingerprint density at radius 2 is 1.95 bits per heavy atom. The molecule has 1 aromatic carbocycles. The number of hydrogen-bond acceptors (Lipinski definition) is 4. The summed E-state index contributed by atoms with van der Waals surface area (Å²) in [6.07, 6.45) is 2.11. The van der Waals surface area contributed by atoms with Gasteiger partial charge in [-0.05, 0) is 44.0 Å². The Kier molecular flexibility index (Phi) is 5.49. The van der Waals surface area contributed by atoms with Crippen LogP contribution in [0.3, 0.4) is 0 Å². The third kappa shape index (κ3) is 3.37. The molecule has 0 radical (unpaired) electrons. The third-order valence-electron chi connectivity index (χ3n) is 4.43. The minimum absolute atomic E-state index is 0.346. The van der Waals surface area contributed by atoms with Crippen molar-refractivity contribution in [1.82, 2.24) is 9.80 Å². The summed E-state index contributed by atoms with van der Waals surface area (Å²) in [6, 6.07) is 9.85. The fourth-order valence-corrected chi connectivity index (χ4v) is 3.64. The molecule has 1 heterocycles. The molecular formula is C16H27N3S. The molecule has 0 aliphatic carbocycles. The molecule has 0 spiro atoms. The number of rotatable bonds is 5. The van der Waals surface area contributed by atoms with Crippen molar-refractivity contribution in [2.75, 3.05) is 40.0 Å². The Hall–Kier alpha value is -0.550. The maximum atomic E-state index is 6.06. The second kappa shape index (κ2) is 6.94. The number of nitrogens with zero attached hydrogens (tertiary/aromatic N) is 2. The SMILES string of the molecule is CSc1ccc(C(CN)N2CC(C)C(N(C)C)C2)cc1. The number of likely N-dealkylation sites (N-methyl/N-ethyl adjacent to an activating group) is 1. The summed E-state index contributed by atoms with van der Waals surface area (Å²) in [5.41, 5.74) is 7.41. The minimum Gasteiger partial charge on any atom is -0.329 e. The largest absolute Gasteiger partial charge is 0.329 e. The van der Waals surface area contributed by atoms with E-state index in [2.05, 4.69) is 61.3 Å². The lowest BCUT2D eigenvalue weighted by atomic mass is 10.1. The van der Waals surface area contributed by atoms with Crippen LogP contribution in [0.1, 0.15) is 18.5 Å². The van der Waals surface area contributed by atoms with E-state index in [1.165, 1.54) is 10.5 Å². The highest BCUT2D eigenvalue weighted by Gasteiger charge is 2.34. The molecule has 1 aliphatic heterocycles. The second-order valence-corrected chi connectivity index (χ2v) is 6.87. The number of nitrogens with two attached hydrogens (primary N) is 1. The summed E-state index contributed by atoms with van der Waals surface area (Å²) in [4.78, 5) is 6.20. The van der Waals surface area contributed by atoms with Crippen LogP contribution in [-0.2, 0) is 0 Å². The number of benzene rings is 1. The molecule has 1 aliphatic rings. The van der Waals surface area contributed by atoms with E-state index in [9.17, 15) is 0 Å². The van der Waals surface area contributed by atoms with Gasteiger partial charge in [0.05, 0.1) is 0 Å². The standard InChI is InChI=1S/C16H27N3S/c1-12-10-19(11-16(12)18(2)3)15(9-17)13-5-7-14(20-4)8-6-13/h5-8,12,15-16H,9-11,17H2,1-4H3. The van der Waals surface area contributed by atoms with Gasteiger partial charge in [0.15, 0.2) is 0 Å². The summed E-state index contributed by atoms with van der Waals surface area (Å²) in [7, 11) is 4.35. The average Bonchev–Trinajstić information content (AvgIpc) is 2.82. The van der Waals surface area contributed by atoms with Crippen molar-refractivity contribution in [2.45, 2.75) is 23.9 Å². The molecule has 112 valence electrons. The Labute approximate surface area is 127 Å². The molecule has 4 heteroatoms. The van der Waals surface area contributed by atoms with Crippen LogP contribution in [0.2, 0.25) is 0 Å². The monoisotopic (exact) mass is 293 g/mol. The van der Waals surface area contributed by atoms with Gasteiger partial charge in [-0.3, -0.25) is 4.90 Å². The van der Waals surface area contributed by atoms with Crippen LogP contribution in [0, 0.1) is 5.92 Å². The predicted molar refractivity (Wildman–Crippen MR) is 88.2 cm³/mol. The Balaban J connectivity index is 2.12. The fourth-order valence-electron chi connectivity index (χ4n) is 3.24. The third-order valence-corrected chi connectivity index (χ3v) is 5.17. The van der Waals surface area contributed by atoms with Crippen molar-refractivity contribution in [3.05, 3.63) is 29.8 Å². The zero-order valence-electron chi connectivity index (χ0n) is 13.0. The van der Waals surface area contributed by atoms with Gasteiger partial charge < -0.3 is 10.6 Å². The smallest absolute Gasteiger partial charge is 0.0471 e. The summed E-state index contributed by atoms with van der Waals surface area (Å²) < 4.78 is 0. The van der Waals surface area contributed by atoms with E-state index in [1.54, 1.807) is 11.8 Å². The van der Waals surface area contributed by atoms with Crippen molar-refractivity contribution >= 4 is 11.8 Å². The fraction of sp³-hybridized carbons (Fsp3) is 0.625. The first kappa shape index (κ1) is 15.8. The highest BCUT2D eigenvalue weighted by Crippen LogP contribution is 2.29. The summed E-state index contributed by atoms with van der Waals surface area (Å²) >= 11 is 1.78. The lowest BCUT2D eigenvalue weighted by Crippen LogP contribution is -2.36. The van der Waals surface area contributed by atoms with Gasteiger partial charge in [0.25, 0.3) is 0 Å². The van der Waals surface area contributed by atoms with Crippen LogP contribution in [0.5, 0.6) is 0 Å². The molecule has 1 saturated heterocycles. The van der Waals surface area contributed by atoms with Gasteiger partial charge in [-0.15, -0.1) is 11.8 Å². The van der Waals surface area contributed by atoms with Crippen LogP contribution in [0.25, 0.3) is 0 Å². The van der Waals surface area contributed by atoms with Crippen LogP contribution in [0.15, 0.2) is 29.2 Å². The van der Waals surface area contributed by atoms with Crippen LogP contribution in [0.4, 0.5) is 0 Å². The van der Waals surface area contributed by atoms with E-state index in [1.807, 2.05) is 0 Å². The van der Waals surface area contributed by atoms with Gasteiger partial charge in [0.2, 0.25) is 0 Å². The van der Waals surface area contributed by atoms with E-state index < -0.39 is 0 Å². The van der Waals surface area contributed by atoms with E-state index in [4.69, 9.17) is 5.73 Å². The number of likely N-dealkylation sites (tertiary alicyclic amines) is 1. The lowest BCUT2D eigenvalue weighted by Gasteiger charge is -2.28. The predicted octanol–water partition coefficient (Wildman–Crippen LogP) is 2.29. The van der Waals surface area contributed by atoms with Gasteiger partial charge >= 0.3 is 0 Å². The quantitative estimate of drug-likeness (QED) is 0.844. The molecule has 0 saturated carbocycles. The normalized spacial score (nSPS) is 25.3. The first-order valence-corrected chi connectivity index (χ1v) is 8.53. The summed E-state index contributed by atoms with van der Waals surface area (Å²) in [6.45, 7) is 5.27. The molecule has 3 unspecified atom stereocenters. The maximum absolute atomic E-state index is 6.06. The highest BCUT2D eigenvalue weighted by atomic mass is 32.2. The Bertz CT molecular complexity index is 418. The summed E-state index contributed by atoms with van der Waals surface area (Å²) in [5.74, 6) is 0.699. The molecule has 0 bridgehead atoms. The van der Waals surface area contributed by atoms with Gasteiger partial charge in [-0.2, -0.15) is 0 Å². The zero-order valence-corrected chi connectivity index (χ0v) is 13.9. The Morgan fingerprint density at radius 3 is 2.40 bits per heavy atom. The van der Waals surface area contributed by atoms with Gasteiger partial charge in [-0.1, -0.05) is 19.1 Å². The van der Waals surface area contributed by atoms with E-state index in [0.717, 1.165) is 13.1 Å². The van der Waals surface area contributed by atoms with Crippen molar-refractivity contribution in [3.63, 3.8) is 0 Å². The maximum Gasteiger partial charge on any atom is 0.0471 e. The molecule has 2 N–H and O–H groups in total. The highest BCUT2D eigenvalue weighted by molar-refractivity contribution is 7.98. The molecule has 0 amide bonds. The average molecular weight is 293 g/mol. The summed E-state index contributed by atoms with van der Waals surface area (Å²) in [5, 5.41) is 0. The number of hydrogen-bond donors (Lipinski definition) is 1. The van der Waals surface area contributed by atoms with Crippen molar-refractivity contribution in [3.8, 4) is 0 Å². The first-order valence-electron chi connectivity index (χ1n) is 7.31. The van der Waals surface area contributed by atoms with E-state index >= 15 is 0 Å². The second-order valence-electron chi connectivity index (χ2n) is 5.99. The molecule has 3 nitrogen and oxygen atoms in total. The van der Waals surface area contributed by atoms with Gasteiger partial charge in [-0.25, -0.2) is 0 Å². The van der Waals surface area contributed by atoms with Crippen LogP contribution >= 0.6 is 11.8 Å². The van der Waals surface area contributed by atoms with Gasteiger partial charge in [0, 0.05) is 36.6 Å². The van der Waals surface area contributed by atoms with E-state index in [-0.39, 0.29) is 0 Å². The zero-order chi connectivity index (χ0) is 14.7. The minimum atomic E-state index is 0.346. The van der Waals surface area contributed by atoms with Crippen LogP contribution in [-0.4, -0.2) is 55.8 Å². The molecule has 3 atom stereocenters. The van der Waals surface area contributed by atoms with Crippen molar-refractivity contribution in [2.24, 2.45) is 11.7 Å². The van der Waals surface area contributed by atoms with Crippen molar-refractivity contribution < 1.29 is 0 Å². The van der Waals surface area contributed by atoms with Crippen molar-refractivity contribution in [1.29, 1.82) is 0 Å². The molecule has 0 aromatic heterocycles. The van der Waals surface area contributed by atoms with Crippen LogP contribution < -0.4 is 5.73 Å². The molecule has 1 aromatic rings.